The normalized spacial score (nSPS) is 42.7. The lowest BCUT2D eigenvalue weighted by Crippen LogP contribution is -2.49. The molecule has 6 heteroatoms. The van der Waals surface area contributed by atoms with Crippen molar-refractivity contribution < 1.29 is 24.6 Å². The van der Waals surface area contributed by atoms with Crippen molar-refractivity contribution in [3.8, 4) is 0 Å². The molecule has 0 aliphatic heterocycles. The number of thioether (sulfide) groups is 1. The summed E-state index contributed by atoms with van der Waals surface area (Å²) in [6, 6.07) is 0. The van der Waals surface area contributed by atoms with Gasteiger partial charge in [-0.15, -0.1) is 0 Å². The summed E-state index contributed by atoms with van der Waals surface area (Å²) in [5.74, 6) is 1.24. The van der Waals surface area contributed by atoms with E-state index in [0.717, 1.165) is 32.1 Å². The average molecular weight is 435 g/mol. The van der Waals surface area contributed by atoms with Crippen LogP contribution in [0.15, 0.2) is 11.6 Å². The first kappa shape index (κ1) is 22.1. The van der Waals surface area contributed by atoms with Gasteiger partial charge in [0.1, 0.15) is 5.60 Å². The molecule has 5 nitrogen and oxygen atoms in total. The predicted molar refractivity (Wildman–Crippen MR) is 116 cm³/mol. The SMILES string of the molecule is C[C@]12CC[C@@H]3[C@H](CCC4=CC(=O)CC[C@@]43C)[C@H]1C[C@](O)(C(=O)CSCCC(=O)O)C2. The molecule has 0 saturated heterocycles. The highest BCUT2D eigenvalue weighted by molar-refractivity contribution is 7.99. The zero-order valence-corrected chi connectivity index (χ0v) is 18.9. The number of Topliss-reactive ketones (excluding diaryl/α,β-unsaturated/α-hetero) is 1. The molecule has 4 rings (SSSR count). The van der Waals surface area contributed by atoms with Crippen LogP contribution in [-0.4, -0.2) is 44.9 Å². The molecule has 30 heavy (non-hydrogen) atoms. The molecule has 3 saturated carbocycles. The highest BCUT2D eigenvalue weighted by Crippen LogP contribution is 2.66. The second kappa shape index (κ2) is 7.77. The van der Waals surface area contributed by atoms with Gasteiger partial charge in [-0.2, -0.15) is 11.8 Å². The van der Waals surface area contributed by atoms with Gasteiger partial charge < -0.3 is 10.2 Å². The topological polar surface area (TPSA) is 91.7 Å². The lowest BCUT2D eigenvalue weighted by Gasteiger charge is -2.57. The highest BCUT2D eigenvalue weighted by atomic mass is 32.2. The fraction of sp³-hybridized carbons (Fsp3) is 0.792. The minimum absolute atomic E-state index is 0.0145. The first-order valence-electron chi connectivity index (χ1n) is 11.4. The van der Waals surface area contributed by atoms with E-state index in [1.54, 1.807) is 0 Å². The summed E-state index contributed by atoms with van der Waals surface area (Å²) in [6.07, 6.45) is 8.75. The van der Waals surface area contributed by atoms with Crippen molar-refractivity contribution in [3.05, 3.63) is 11.6 Å². The molecule has 0 spiro atoms. The van der Waals surface area contributed by atoms with Crippen LogP contribution in [0.5, 0.6) is 0 Å². The van der Waals surface area contributed by atoms with E-state index < -0.39 is 11.6 Å². The fourth-order valence-electron chi connectivity index (χ4n) is 7.35. The molecule has 0 aromatic carbocycles. The molecular formula is C24H34O5S. The monoisotopic (exact) mass is 434 g/mol. The van der Waals surface area contributed by atoms with Crippen LogP contribution in [0.1, 0.15) is 71.6 Å². The van der Waals surface area contributed by atoms with Crippen LogP contribution < -0.4 is 0 Å². The maximum Gasteiger partial charge on any atom is 0.304 e. The van der Waals surface area contributed by atoms with Crippen LogP contribution in [0, 0.1) is 28.6 Å². The Labute approximate surface area is 183 Å². The Hall–Kier alpha value is -1.14. The molecule has 0 unspecified atom stereocenters. The van der Waals surface area contributed by atoms with Gasteiger partial charge in [0.2, 0.25) is 0 Å². The number of hydrogen-bond acceptors (Lipinski definition) is 5. The van der Waals surface area contributed by atoms with Crippen LogP contribution in [0.4, 0.5) is 0 Å². The molecule has 0 amide bonds. The van der Waals surface area contributed by atoms with Crippen molar-refractivity contribution in [2.75, 3.05) is 11.5 Å². The second-order valence-corrected chi connectivity index (χ2v) is 11.8. The standard InChI is InChI=1S/C24H34O5S/c1-22-8-6-18-17(4-3-15-11-16(25)5-9-23(15,18)2)19(22)12-24(29,14-22)20(26)13-30-10-7-21(27)28/h11,17-19,29H,3-10,12-14H2,1-2H3,(H,27,28)/t17-,18+,19+,22+,23-,24+/m0/s1. The number of aliphatic carboxylic acids is 1. The number of carbonyl (C=O) groups is 3. The predicted octanol–water partition coefficient (Wildman–Crippen LogP) is 4.03. The van der Waals surface area contributed by atoms with E-state index in [-0.39, 0.29) is 34.6 Å². The zero-order valence-electron chi connectivity index (χ0n) is 18.1. The minimum atomic E-state index is -1.27. The Kier molecular flexibility index (Phi) is 5.72. The summed E-state index contributed by atoms with van der Waals surface area (Å²) in [4.78, 5) is 35.6. The van der Waals surface area contributed by atoms with Crippen LogP contribution >= 0.6 is 11.8 Å². The van der Waals surface area contributed by atoms with E-state index >= 15 is 0 Å². The molecule has 4 aliphatic carbocycles. The maximum atomic E-state index is 12.9. The third-order valence-electron chi connectivity index (χ3n) is 8.95. The molecule has 0 bridgehead atoms. The van der Waals surface area contributed by atoms with Crippen molar-refractivity contribution in [1.29, 1.82) is 0 Å². The Morgan fingerprint density at radius 3 is 2.67 bits per heavy atom. The molecule has 0 aromatic heterocycles. The first-order valence-corrected chi connectivity index (χ1v) is 12.5. The van der Waals surface area contributed by atoms with Crippen molar-refractivity contribution in [1.82, 2.24) is 0 Å². The molecule has 4 aliphatic rings. The number of hydrogen-bond donors (Lipinski definition) is 2. The van der Waals surface area contributed by atoms with E-state index in [2.05, 4.69) is 13.8 Å². The van der Waals surface area contributed by atoms with Crippen LogP contribution in [0.25, 0.3) is 0 Å². The third kappa shape index (κ3) is 3.68. The average Bonchev–Trinajstić information content (AvgIpc) is 2.97. The number of fused-ring (bicyclic) bond motifs is 5. The van der Waals surface area contributed by atoms with E-state index in [1.807, 2.05) is 6.08 Å². The molecule has 2 N–H and O–H groups in total. The van der Waals surface area contributed by atoms with Gasteiger partial charge in [-0.05, 0) is 79.6 Å². The third-order valence-corrected chi connectivity index (χ3v) is 9.91. The van der Waals surface area contributed by atoms with Crippen molar-refractivity contribution in [2.24, 2.45) is 28.6 Å². The van der Waals surface area contributed by atoms with Gasteiger partial charge in [-0.25, -0.2) is 0 Å². The summed E-state index contributed by atoms with van der Waals surface area (Å²) >= 11 is 1.31. The molecule has 0 heterocycles. The fourth-order valence-corrected chi connectivity index (χ4v) is 8.26. The van der Waals surface area contributed by atoms with Gasteiger partial charge in [0.25, 0.3) is 0 Å². The van der Waals surface area contributed by atoms with E-state index in [9.17, 15) is 19.5 Å². The smallest absolute Gasteiger partial charge is 0.304 e. The molecule has 6 atom stereocenters. The Bertz CT molecular complexity index is 790. The summed E-state index contributed by atoms with van der Waals surface area (Å²) in [5, 5.41) is 20.1. The van der Waals surface area contributed by atoms with E-state index in [0.29, 0.717) is 42.8 Å². The number of rotatable bonds is 6. The highest BCUT2D eigenvalue weighted by Gasteiger charge is 2.62. The Morgan fingerprint density at radius 1 is 1.17 bits per heavy atom. The van der Waals surface area contributed by atoms with Crippen LogP contribution in [-0.2, 0) is 14.4 Å². The summed E-state index contributed by atoms with van der Waals surface area (Å²) in [7, 11) is 0. The van der Waals surface area contributed by atoms with Crippen LogP contribution in [0.2, 0.25) is 0 Å². The summed E-state index contributed by atoms with van der Waals surface area (Å²) in [5.41, 5.74) is 0.140. The molecule has 3 fully saturated rings. The van der Waals surface area contributed by atoms with Crippen molar-refractivity contribution in [3.63, 3.8) is 0 Å². The summed E-state index contributed by atoms with van der Waals surface area (Å²) in [6.45, 7) is 4.60. The lowest BCUT2D eigenvalue weighted by molar-refractivity contribution is -0.136. The maximum absolute atomic E-state index is 12.9. The van der Waals surface area contributed by atoms with E-state index in [4.69, 9.17) is 5.11 Å². The quantitative estimate of drug-likeness (QED) is 0.614. The molecule has 0 radical (unpaired) electrons. The van der Waals surface area contributed by atoms with Gasteiger partial charge >= 0.3 is 5.97 Å². The number of allylic oxidation sites excluding steroid dienone is 1. The Morgan fingerprint density at radius 2 is 1.93 bits per heavy atom. The van der Waals surface area contributed by atoms with E-state index in [1.165, 1.54) is 17.3 Å². The lowest BCUT2D eigenvalue weighted by atomic mass is 9.47. The van der Waals surface area contributed by atoms with Gasteiger partial charge in [0, 0.05) is 12.2 Å². The van der Waals surface area contributed by atoms with Crippen molar-refractivity contribution >= 4 is 29.3 Å². The van der Waals surface area contributed by atoms with Crippen molar-refractivity contribution in [2.45, 2.75) is 77.2 Å². The minimum Gasteiger partial charge on any atom is -0.481 e. The largest absolute Gasteiger partial charge is 0.481 e. The van der Waals surface area contributed by atoms with Gasteiger partial charge in [0.05, 0.1) is 12.2 Å². The van der Waals surface area contributed by atoms with Gasteiger partial charge in [-0.1, -0.05) is 19.4 Å². The number of carbonyl (C=O) groups excluding carboxylic acids is 2. The Balaban J connectivity index is 1.49. The zero-order chi connectivity index (χ0) is 21.7. The molecule has 166 valence electrons. The first-order chi connectivity index (χ1) is 14.1. The number of carboxylic acid groups (broad SMARTS) is 1. The van der Waals surface area contributed by atoms with Gasteiger partial charge in [-0.3, -0.25) is 14.4 Å². The molecular weight excluding hydrogens is 400 g/mol. The molecule has 0 aromatic rings. The van der Waals surface area contributed by atoms with Crippen LogP contribution in [0.3, 0.4) is 0 Å². The number of carboxylic acids is 1. The second-order valence-electron chi connectivity index (χ2n) is 10.7. The number of ketones is 2. The number of aliphatic hydroxyl groups is 1. The van der Waals surface area contributed by atoms with Gasteiger partial charge in [0.15, 0.2) is 11.6 Å². The summed E-state index contributed by atoms with van der Waals surface area (Å²) < 4.78 is 0.